The third kappa shape index (κ3) is 3.75. The first kappa shape index (κ1) is 11.8. The van der Waals surface area contributed by atoms with E-state index in [2.05, 4.69) is 0 Å². The van der Waals surface area contributed by atoms with Crippen LogP contribution in [-0.2, 0) is 16.0 Å². The van der Waals surface area contributed by atoms with Crippen LogP contribution < -0.4 is 0 Å². The molecule has 82 valence electrons. The normalized spacial score (nSPS) is 10.3. The number of carbonyl (C=O) groups is 1. The molecule has 4 heteroatoms. The molecular formula is C11H12F2O2. The van der Waals surface area contributed by atoms with Crippen LogP contribution in [0.25, 0.3) is 0 Å². The van der Waals surface area contributed by atoms with Gasteiger partial charge in [0.05, 0.1) is 6.61 Å². The molecule has 1 rings (SSSR count). The molecule has 0 bridgehead atoms. The van der Waals surface area contributed by atoms with Crippen molar-refractivity contribution in [1.29, 1.82) is 0 Å². The Hall–Kier alpha value is -1.29. The molecule has 0 radical (unpaired) electrons. The van der Waals surface area contributed by atoms with E-state index in [1.807, 2.05) is 0 Å². The monoisotopic (exact) mass is 214 g/mol. The zero-order valence-corrected chi connectivity index (χ0v) is 8.43. The number of rotatable bonds is 5. The number of ketones is 1. The molecule has 0 unspecified atom stereocenters. The zero-order valence-electron chi connectivity index (χ0n) is 8.43. The molecule has 0 aliphatic rings. The van der Waals surface area contributed by atoms with E-state index in [0.29, 0.717) is 12.2 Å². The number of hydrogen-bond donors (Lipinski definition) is 0. The summed E-state index contributed by atoms with van der Waals surface area (Å²) in [5.74, 6) is -1.88. The maximum absolute atomic E-state index is 12.8. The van der Waals surface area contributed by atoms with E-state index in [9.17, 15) is 13.6 Å². The van der Waals surface area contributed by atoms with Crippen molar-refractivity contribution in [2.45, 2.75) is 12.8 Å². The molecule has 1 aromatic rings. The number of benzene rings is 1. The van der Waals surface area contributed by atoms with Gasteiger partial charge in [0.25, 0.3) is 0 Å². The maximum Gasteiger partial charge on any atom is 0.159 e. The standard InChI is InChI=1S/C11H12F2O2/c1-15-5-4-9(14)6-8-2-3-10(12)11(13)7-8/h2-3,7H,4-6H2,1H3. The highest BCUT2D eigenvalue weighted by atomic mass is 19.2. The summed E-state index contributed by atoms with van der Waals surface area (Å²) in [4.78, 5) is 11.3. The van der Waals surface area contributed by atoms with Crippen molar-refractivity contribution in [3.8, 4) is 0 Å². The second kappa shape index (κ2) is 5.56. The molecule has 0 spiro atoms. The molecule has 0 aromatic heterocycles. The fraction of sp³-hybridized carbons (Fsp3) is 0.364. The van der Waals surface area contributed by atoms with E-state index in [-0.39, 0.29) is 18.6 Å². The lowest BCUT2D eigenvalue weighted by molar-refractivity contribution is -0.119. The zero-order chi connectivity index (χ0) is 11.3. The van der Waals surface area contributed by atoms with Gasteiger partial charge >= 0.3 is 0 Å². The minimum atomic E-state index is -0.924. The number of halogens is 2. The van der Waals surface area contributed by atoms with Gasteiger partial charge in [0.1, 0.15) is 5.78 Å². The van der Waals surface area contributed by atoms with Gasteiger partial charge < -0.3 is 4.74 Å². The number of ether oxygens (including phenoxy) is 1. The molecule has 0 atom stereocenters. The van der Waals surface area contributed by atoms with Crippen LogP contribution in [0.3, 0.4) is 0 Å². The van der Waals surface area contributed by atoms with E-state index < -0.39 is 11.6 Å². The summed E-state index contributed by atoms with van der Waals surface area (Å²) < 4.78 is 30.1. The molecule has 15 heavy (non-hydrogen) atoms. The third-order valence-electron chi connectivity index (χ3n) is 1.97. The molecule has 0 saturated heterocycles. The van der Waals surface area contributed by atoms with Crippen LogP contribution >= 0.6 is 0 Å². The van der Waals surface area contributed by atoms with Crippen LogP contribution in [0.2, 0.25) is 0 Å². The number of hydrogen-bond acceptors (Lipinski definition) is 2. The van der Waals surface area contributed by atoms with Crippen molar-refractivity contribution in [3.63, 3.8) is 0 Å². The Kier molecular flexibility index (Phi) is 4.37. The summed E-state index contributed by atoms with van der Waals surface area (Å²) >= 11 is 0. The van der Waals surface area contributed by atoms with Crippen LogP contribution in [0.5, 0.6) is 0 Å². The van der Waals surface area contributed by atoms with Crippen LogP contribution in [0.4, 0.5) is 8.78 Å². The minimum Gasteiger partial charge on any atom is -0.384 e. The van der Waals surface area contributed by atoms with Crippen molar-refractivity contribution in [2.24, 2.45) is 0 Å². The SMILES string of the molecule is COCCC(=O)Cc1ccc(F)c(F)c1. The Morgan fingerprint density at radius 1 is 1.33 bits per heavy atom. The van der Waals surface area contributed by atoms with Gasteiger partial charge in [-0.2, -0.15) is 0 Å². The molecule has 2 nitrogen and oxygen atoms in total. The fourth-order valence-corrected chi connectivity index (χ4v) is 1.18. The first-order chi connectivity index (χ1) is 7.13. The van der Waals surface area contributed by atoms with Gasteiger partial charge in [0, 0.05) is 20.0 Å². The summed E-state index contributed by atoms with van der Waals surface area (Å²) in [6.45, 7) is 0.350. The third-order valence-corrected chi connectivity index (χ3v) is 1.97. The molecule has 0 fully saturated rings. The van der Waals surface area contributed by atoms with Crippen molar-refractivity contribution >= 4 is 5.78 Å². The first-order valence-corrected chi connectivity index (χ1v) is 4.58. The lowest BCUT2D eigenvalue weighted by atomic mass is 10.1. The summed E-state index contributed by atoms with van der Waals surface area (Å²) in [5.41, 5.74) is 0.481. The van der Waals surface area contributed by atoms with E-state index >= 15 is 0 Å². The van der Waals surface area contributed by atoms with E-state index in [0.717, 1.165) is 12.1 Å². The Balaban J connectivity index is 2.57. The van der Waals surface area contributed by atoms with Crippen molar-refractivity contribution < 1.29 is 18.3 Å². The van der Waals surface area contributed by atoms with E-state index in [1.165, 1.54) is 13.2 Å². The van der Waals surface area contributed by atoms with Crippen LogP contribution in [0, 0.1) is 11.6 Å². The highest BCUT2D eigenvalue weighted by molar-refractivity contribution is 5.80. The Morgan fingerprint density at radius 3 is 2.67 bits per heavy atom. The molecule has 0 amide bonds. The van der Waals surface area contributed by atoms with Gasteiger partial charge in [-0.15, -0.1) is 0 Å². The number of carbonyl (C=O) groups excluding carboxylic acids is 1. The Labute approximate surface area is 86.9 Å². The quantitative estimate of drug-likeness (QED) is 0.750. The molecule has 0 N–H and O–H groups in total. The second-order valence-electron chi connectivity index (χ2n) is 3.21. The van der Waals surface area contributed by atoms with Crippen LogP contribution in [0.15, 0.2) is 18.2 Å². The van der Waals surface area contributed by atoms with Crippen LogP contribution in [-0.4, -0.2) is 19.5 Å². The fourth-order valence-electron chi connectivity index (χ4n) is 1.18. The predicted molar refractivity (Wildman–Crippen MR) is 51.6 cm³/mol. The molecule has 0 aliphatic heterocycles. The highest BCUT2D eigenvalue weighted by Crippen LogP contribution is 2.09. The Morgan fingerprint density at radius 2 is 2.07 bits per heavy atom. The topological polar surface area (TPSA) is 26.3 Å². The summed E-state index contributed by atoms with van der Waals surface area (Å²) in [7, 11) is 1.50. The summed E-state index contributed by atoms with van der Waals surface area (Å²) in [5, 5.41) is 0. The second-order valence-corrected chi connectivity index (χ2v) is 3.21. The molecule has 1 aromatic carbocycles. The van der Waals surface area contributed by atoms with Gasteiger partial charge in [-0.05, 0) is 17.7 Å². The Bertz CT molecular complexity index is 350. The molecule has 0 aliphatic carbocycles. The van der Waals surface area contributed by atoms with Gasteiger partial charge in [-0.25, -0.2) is 8.78 Å². The first-order valence-electron chi connectivity index (χ1n) is 4.58. The predicted octanol–water partition coefficient (Wildman–Crippen LogP) is 2.11. The van der Waals surface area contributed by atoms with Gasteiger partial charge in [0.2, 0.25) is 0 Å². The van der Waals surface area contributed by atoms with Crippen molar-refractivity contribution in [1.82, 2.24) is 0 Å². The van der Waals surface area contributed by atoms with Crippen molar-refractivity contribution in [3.05, 3.63) is 35.4 Å². The summed E-state index contributed by atoms with van der Waals surface area (Å²) in [6, 6.07) is 3.47. The lowest BCUT2D eigenvalue weighted by Gasteiger charge is -2.01. The van der Waals surface area contributed by atoms with E-state index in [1.54, 1.807) is 0 Å². The van der Waals surface area contributed by atoms with Gasteiger partial charge in [-0.1, -0.05) is 6.07 Å². The lowest BCUT2D eigenvalue weighted by Crippen LogP contribution is -2.06. The average molecular weight is 214 g/mol. The highest BCUT2D eigenvalue weighted by Gasteiger charge is 2.06. The largest absolute Gasteiger partial charge is 0.384 e. The molecular weight excluding hydrogens is 202 g/mol. The molecule has 0 heterocycles. The minimum absolute atomic E-state index is 0.0529. The van der Waals surface area contributed by atoms with E-state index in [4.69, 9.17) is 4.74 Å². The van der Waals surface area contributed by atoms with Gasteiger partial charge in [-0.3, -0.25) is 4.79 Å². The maximum atomic E-state index is 12.8. The smallest absolute Gasteiger partial charge is 0.159 e. The summed E-state index contributed by atoms with van der Waals surface area (Å²) in [6.07, 6.45) is 0.399. The van der Waals surface area contributed by atoms with Crippen LogP contribution in [0.1, 0.15) is 12.0 Å². The number of methoxy groups -OCH3 is 1. The van der Waals surface area contributed by atoms with Gasteiger partial charge in [0.15, 0.2) is 11.6 Å². The average Bonchev–Trinajstić information content (AvgIpc) is 2.20. The number of Topliss-reactive ketones (excluding diaryl/α,β-unsaturated/α-hetero) is 1. The molecule has 0 saturated carbocycles. The van der Waals surface area contributed by atoms with Crippen molar-refractivity contribution in [2.75, 3.05) is 13.7 Å².